The number of hydrogen-bond acceptors (Lipinski definition) is 5. The summed E-state index contributed by atoms with van der Waals surface area (Å²) in [5, 5.41) is 8.37. The second-order valence-corrected chi connectivity index (χ2v) is 9.45. The van der Waals surface area contributed by atoms with Gasteiger partial charge < -0.3 is 10.2 Å². The van der Waals surface area contributed by atoms with Crippen LogP contribution in [0.1, 0.15) is 60.8 Å². The molecular weight excluding hydrogens is 516 g/mol. The highest BCUT2D eigenvalue weighted by Crippen LogP contribution is 2.37. The molecule has 1 fully saturated rings. The lowest BCUT2D eigenvalue weighted by Gasteiger charge is -2.36. The summed E-state index contributed by atoms with van der Waals surface area (Å²) >= 11 is 0. The number of amides is 2. The van der Waals surface area contributed by atoms with Gasteiger partial charge in [0.15, 0.2) is 0 Å². The Labute approximate surface area is 214 Å². The Bertz CT molecular complexity index is 1200. The summed E-state index contributed by atoms with van der Waals surface area (Å²) in [6.45, 7) is 1.75. The fraction of sp³-hybridized carbons (Fsp3) is 0.440. The van der Waals surface area contributed by atoms with Crippen LogP contribution in [0.25, 0.3) is 0 Å². The van der Waals surface area contributed by atoms with Gasteiger partial charge in [0.2, 0.25) is 0 Å². The standard InChI is InChI=1S/C25H25F6N5O2/c1-14-11-22(37)36(34-14)18-7-3-15(4-8-18)23(38)32-16-5-9-17(10-6-16)35(2)19-12-20(24(26,27)28)33-21(13-19)25(29,30)31/h3-4,7-8,12-13,16-17H,5-6,9-11H2,1-2H3,(H,32,38). The van der Waals surface area contributed by atoms with Crippen molar-refractivity contribution in [1.29, 1.82) is 0 Å². The van der Waals surface area contributed by atoms with Crippen LogP contribution in [0.2, 0.25) is 0 Å². The van der Waals surface area contributed by atoms with Crippen molar-refractivity contribution < 1.29 is 35.9 Å². The van der Waals surface area contributed by atoms with Crippen LogP contribution in [0, 0.1) is 0 Å². The van der Waals surface area contributed by atoms with Gasteiger partial charge in [-0.25, -0.2) is 9.99 Å². The quantitative estimate of drug-likeness (QED) is 0.514. The van der Waals surface area contributed by atoms with Crippen LogP contribution in [-0.2, 0) is 17.1 Å². The largest absolute Gasteiger partial charge is 0.433 e. The molecule has 0 unspecified atom stereocenters. The first-order valence-corrected chi connectivity index (χ1v) is 11.9. The lowest BCUT2D eigenvalue weighted by atomic mass is 9.90. The molecule has 1 aromatic carbocycles. The van der Waals surface area contributed by atoms with E-state index in [-0.39, 0.29) is 36.0 Å². The van der Waals surface area contributed by atoms with E-state index in [2.05, 4.69) is 15.4 Å². The number of hydrazone groups is 1. The summed E-state index contributed by atoms with van der Waals surface area (Å²) < 4.78 is 79.1. The summed E-state index contributed by atoms with van der Waals surface area (Å²) in [5.41, 5.74) is -1.79. The zero-order valence-electron chi connectivity index (χ0n) is 20.5. The Balaban J connectivity index is 1.37. The molecule has 13 heteroatoms. The first-order chi connectivity index (χ1) is 17.7. The molecule has 1 aromatic heterocycles. The van der Waals surface area contributed by atoms with Gasteiger partial charge in [-0.05, 0) is 69.0 Å². The summed E-state index contributed by atoms with van der Waals surface area (Å²) in [6, 6.07) is 7.15. The van der Waals surface area contributed by atoms with Crippen LogP contribution in [0.3, 0.4) is 0 Å². The number of aromatic nitrogens is 1. The van der Waals surface area contributed by atoms with E-state index in [4.69, 9.17) is 0 Å². The molecular formula is C25H25F6N5O2. The maximum absolute atomic E-state index is 13.2. The fourth-order valence-electron chi connectivity index (χ4n) is 4.61. The molecule has 204 valence electrons. The highest BCUT2D eigenvalue weighted by Gasteiger charge is 2.39. The summed E-state index contributed by atoms with van der Waals surface area (Å²) in [6.07, 6.45) is -7.88. The number of nitrogens with one attached hydrogen (secondary N) is 1. The van der Waals surface area contributed by atoms with Gasteiger partial charge in [0.05, 0.1) is 12.1 Å². The van der Waals surface area contributed by atoms with E-state index in [9.17, 15) is 35.9 Å². The number of carbonyl (C=O) groups is 2. The third kappa shape index (κ3) is 6.08. The SMILES string of the molecule is CC1=NN(c2ccc(C(=O)NC3CCC(N(C)c4cc(C(F)(F)F)nc(C(F)(F)F)c4)CC3)cc2)C(=O)C1. The lowest BCUT2D eigenvalue weighted by Crippen LogP contribution is -2.43. The Kier molecular flexibility index (Phi) is 7.39. The minimum absolute atomic E-state index is 0.155. The minimum atomic E-state index is -5.02. The average Bonchev–Trinajstić information content (AvgIpc) is 3.20. The van der Waals surface area contributed by atoms with Gasteiger partial charge in [-0.3, -0.25) is 9.59 Å². The van der Waals surface area contributed by atoms with Crippen molar-refractivity contribution >= 4 is 28.9 Å². The Morgan fingerprint density at radius 2 is 1.53 bits per heavy atom. The number of halogens is 6. The molecule has 38 heavy (non-hydrogen) atoms. The molecule has 1 aliphatic heterocycles. The van der Waals surface area contributed by atoms with Crippen LogP contribution in [0.5, 0.6) is 0 Å². The Hall–Kier alpha value is -3.64. The van der Waals surface area contributed by atoms with E-state index < -0.39 is 23.7 Å². The van der Waals surface area contributed by atoms with Crippen LogP contribution in [0.4, 0.5) is 37.7 Å². The molecule has 1 saturated carbocycles. The van der Waals surface area contributed by atoms with Crippen molar-refractivity contribution in [2.24, 2.45) is 5.10 Å². The maximum Gasteiger partial charge on any atom is 0.433 e. The average molecular weight is 541 g/mol. The van der Waals surface area contributed by atoms with Crippen molar-refractivity contribution in [3.63, 3.8) is 0 Å². The van der Waals surface area contributed by atoms with Crippen molar-refractivity contribution in [2.75, 3.05) is 17.0 Å². The molecule has 2 aliphatic rings. The number of benzene rings is 1. The van der Waals surface area contributed by atoms with E-state index in [0.29, 0.717) is 54.8 Å². The molecule has 2 amide bonds. The van der Waals surface area contributed by atoms with Crippen molar-refractivity contribution in [3.8, 4) is 0 Å². The summed E-state index contributed by atoms with van der Waals surface area (Å²) in [7, 11) is 1.46. The molecule has 2 heterocycles. The topological polar surface area (TPSA) is 77.9 Å². The molecule has 0 atom stereocenters. The normalized spacial score (nSPS) is 20.4. The van der Waals surface area contributed by atoms with Gasteiger partial charge in [0.25, 0.3) is 11.8 Å². The number of rotatable bonds is 5. The highest BCUT2D eigenvalue weighted by atomic mass is 19.4. The zero-order chi connectivity index (χ0) is 27.8. The van der Waals surface area contributed by atoms with Gasteiger partial charge in [0, 0.05) is 36.1 Å². The second kappa shape index (κ2) is 10.3. The number of carbonyl (C=O) groups excluding carboxylic acids is 2. The second-order valence-electron chi connectivity index (χ2n) is 9.45. The number of pyridine rings is 1. The fourth-order valence-corrected chi connectivity index (χ4v) is 4.61. The first-order valence-electron chi connectivity index (χ1n) is 11.9. The van der Waals surface area contributed by atoms with E-state index in [1.54, 1.807) is 31.2 Å². The third-order valence-corrected chi connectivity index (χ3v) is 6.67. The number of nitrogens with zero attached hydrogens (tertiary/aromatic N) is 4. The Morgan fingerprint density at radius 3 is 2.00 bits per heavy atom. The molecule has 0 spiro atoms. The van der Waals surface area contributed by atoms with Crippen molar-refractivity contribution in [3.05, 3.63) is 53.3 Å². The predicted molar refractivity (Wildman–Crippen MR) is 128 cm³/mol. The number of anilines is 2. The molecule has 2 aromatic rings. The van der Waals surface area contributed by atoms with E-state index in [0.717, 1.165) is 0 Å². The molecule has 1 aliphatic carbocycles. The summed E-state index contributed by atoms with van der Waals surface area (Å²) in [4.78, 5) is 28.9. The van der Waals surface area contributed by atoms with Gasteiger partial charge in [-0.2, -0.15) is 31.4 Å². The van der Waals surface area contributed by atoms with Gasteiger partial charge in [-0.15, -0.1) is 0 Å². The van der Waals surface area contributed by atoms with Gasteiger partial charge in [-0.1, -0.05) is 0 Å². The number of hydrogen-bond donors (Lipinski definition) is 1. The maximum atomic E-state index is 13.2. The molecule has 4 rings (SSSR count). The molecule has 0 saturated heterocycles. The lowest BCUT2D eigenvalue weighted by molar-refractivity contribution is -0.150. The van der Waals surface area contributed by atoms with E-state index >= 15 is 0 Å². The highest BCUT2D eigenvalue weighted by molar-refractivity contribution is 6.12. The molecule has 0 radical (unpaired) electrons. The smallest absolute Gasteiger partial charge is 0.371 e. The van der Waals surface area contributed by atoms with Crippen molar-refractivity contribution in [2.45, 2.75) is 63.5 Å². The van der Waals surface area contributed by atoms with Crippen LogP contribution in [0.15, 0.2) is 41.5 Å². The molecule has 1 N–H and O–H groups in total. The van der Waals surface area contributed by atoms with E-state index in [1.807, 2.05) is 0 Å². The monoisotopic (exact) mass is 541 g/mol. The zero-order valence-corrected chi connectivity index (χ0v) is 20.5. The summed E-state index contributed by atoms with van der Waals surface area (Å²) in [5.74, 6) is -0.475. The minimum Gasteiger partial charge on any atom is -0.371 e. The van der Waals surface area contributed by atoms with Gasteiger partial charge in [0.1, 0.15) is 11.4 Å². The van der Waals surface area contributed by atoms with Crippen molar-refractivity contribution in [1.82, 2.24) is 10.3 Å². The van der Waals surface area contributed by atoms with Gasteiger partial charge >= 0.3 is 12.4 Å². The number of alkyl halides is 6. The first kappa shape index (κ1) is 27.4. The van der Waals surface area contributed by atoms with Crippen LogP contribution in [-0.4, -0.2) is 41.6 Å². The van der Waals surface area contributed by atoms with E-state index in [1.165, 1.54) is 17.0 Å². The molecule has 0 bridgehead atoms. The molecule has 7 nitrogen and oxygen atoms in total. The van der Waals surface area contributed by atoms with Crippen LogP contribution >= 0.6 is 0 Å². The van der Waals surface area contributed by atoms with Crippen LogP contribution < -0.4 is 15.2 Å². The third-order valence-electron chi connectivity index (χ3n) is 6.67. The Morgan fingerprint density at radius 1 is 0.974 bits per heavy atom. The predicted octanol–water partition coefficient (Wildman–Crippen LogP) is 5.41.